The zero-order valence-corrected chi connectivity index (χ0v) is 32.2. The van der Waals surface area contributed by atoms with Crippen LogP contribution in [0.1, 0.15) is 22.3 Å². The van der Waals surface area contributed by atoms with Crippen molar-refractivity contribution in [2.45, 2.75) is 5.41 Å². The van der Waals surface area contributed by atoms with Crippen LogP contribution < -0.4 is 9.64 Å². The highest BCUT2D eigenvalue weighted by atomic mass is 16.5. The molecule has 1 aliphatic heterocycles. The van der Waals surface area contributed by atoms with Gasteiger partial charge in [0.1, 0.15) is 11.5 Å². The summed E-state index contributed by atoms with van der Waals surface area (Å²) >= 11 is 0. The zero-order valence-electron chi connectivity index (χ0n) is 32.2. The van der Waals surface area contributed by atoms with E-state index in [4.69, 9.17) is 4.74 Å². The first-order chi connectivity index (χ1) is 29.3. The third-order valence-electron chi connectivity index (χ3n) is 12.5. The van der Waals surface area contributed by atoms with E-state index in [0.717, 1.165) is 33.9 Å². The van der Waals surface area contributed by atoms with Crippen molar-refractivity contribution in [3.63, 3.8) is 0 Å². The lowest BCUT2D eigenvalue weighted by molar-refractivity contribution is 0.442. The summed E-state index contributed by atoms with van der Waals surface area (Å²) in [7, 11) is 0. The van der Waals surface area contributed by atoms with E-state index >= 15 is 0 Å². The number of ether oxygens (including phenoxy) is 1. The third-order valence-corrected chi connectivity index (χ3v) is 12.5. The normalized spacial score (nSPS) is 14.6. The van der Waals surface area contributed by atoms with Crippen molar-refractivity contribution >= 4 is 38.6 Å². The zero-order chi connectivity index (χ0) is 38.9. The van der Waals surface area contributed by atoms with Crippen LogP contribution in [0, 0.1) is 0 Å². The predicted molar refractivity (Wildman–Crippen MR) is 244 cm³/mol. The molecule has 0 saturated carbocycles. The van der Waals surface area contributed by atoms with Crippen LogP contribution in [-0.4, -0.2) is 0 Å². The summed E-state index contributed by atoms with van der Waals surface area (Å²) in [6.45, 7) is 0. The Morgan fingerprint density at radius 3 is 1.81 bits per heavy atom. The molecule has 0 radical (unpaired) electrons. The summed E-state index contributed by atoms with van der Waals surface area (Å²) in [6, 6.07) is 81.6. The second-order valence-corrected chi connectivity index (χ2v) is 15.5. The highest BCUT2D eigenvalue weighted by Crippen LogP contribution is 2.63. The Bertz CT molecular complexity index is 3260. The number of nitrogens with zero attached hydrogens (tertiary/aromatic N) is 1. The molecule has 2 nitrogen and oxygen atoms in total. The molecule has 0 bridgehead atoms. The maximum atomic E-state index is 6.92. The Kier molecular flexibility index (Phi) is 7.48. The van der Waals surface area contributed by atoms with Crippen molar-refractivity contribution in [2.24, 2.45) is 0 Å². The molecule has 1 spiro atoms. The maximum absolute atomic E-state index is 6.92. The highest BCUT2D eigenvalue weighted by Gasteiger charge is 2.51. The molecule has 10 aromatic rings. The molecule has 276 valence electrons. The lowest BCUT2D eigenvalue weighted by Gasteiger charge is -2.40. The lowest BCUT2D eigenvalue weighted by Crippen LogP contribution is -2.32. The molecule has 12 rings (SSSR count). The second kappa shape index (κ2) is 13.2. The van der Waals surface area contributed by atoms with Crippen molar-refractivity contribution in [3.05, 3.63) is 247 Å². The first-order valence-electron chi connectivity index (χ1n) is 20.3. The Morgan fingerprint density at radius 1 is 0.339 bits per heavy atom. The molecule has 0 saturated heterocycles. The quantitative estimate of drug-likeness (QED) is 0.174. The Labute approximate surface area is 343 Å². The summed E-state index contributed by atoms with van der Waals surface area (Å²) in [6.07, 6.45) is 0. The van der Waals surface area contributed by atoms with E-state index in [1.807, 2.05) is 0 Å². The highest BCUT2D eigenvalue weighted by molar-refractivity contribution is 6.08. The molecule has 0 amide bonds. The van der Waals surface area contributed by atoms with E-state index in [1.165, 1.54) is 71.8 Å². The van der Waals surface area contributed by atoms with Crippen LogP contribution in [0.3, 0.4) is 0 Å². The molecular formula is C57H37NO. The molecule has 1 atom stereocenters. The van der Waals surface area contributed by atoms with Gasteiger partial charge in [-0.3, -0.25) is 0 Å². The van der Waals surface area contributed by atoms with Gasteiger partial charge in [0.25, 0.3) is 0 Å². The minimum Gasteiger partial charge on any atom is -0.456 e. The van der Waals surface area contributed by atoms with Gasteiger partial charge in [0.05, 0.1) is 16.8 Å². The van der Waals surface area contributed by atoms with Crippen LogP contribution in [0.5, 0.6) is 11.5 Å². The Hall–Kier alpha value is -7.68. The fourth-order valence-electron chi connectivity index (χ4n) is 10.0. The summed E-state index contributed by atoms with van der Waals surface area (Å²) in [5, 5.41) is 4.68. The summed E-state index contributed by atoms with van der Waals surface area (Å²) in [5.41, 5.74) is 15.0. The number of para-hydroxylation sites is 3. The summed E-state index contributed by atoms with van der Waals surface area (Å²) < 4.78 is 6.92. The van der Waals surface area contributed by atoms with Crippen molar-refractivity contribution < 1.29 is 4.74 Å². The van der Waals surface area contributed by atoms with Crippen LogP contribution in [-0.2, 0) is 5.41 Å². The third kappa shape index (κ3) is 4.93. The van der Waals surface area contributed by atoms with Crippen LogP contribution in [0.15, 0.2) is 224 Å². The van der Waals surface area contributed by atoms with Gasteiger partial charge in [0, 0.05) is 33.2 Å². The molecule has 0 aromatic heterocycles. The van der Waals surface area contributed by atoms with Crippen LogP contribution in [0.2, 0.25) is 0 Å². The van der Waals surface area contributed by atoms with Gasteiger partial charge in [0.15, 0.2) is 0 Å². The number of benzene rings is 10. The van der Waals surface area contributed by atoms with Crippen molar-refractivity contribution in [2.75, 3.05) is 4.90 Å². The van der Waals surface area contributed by atoms with Gasteiger partial charge in [0.2, 0.25) is 0 Å². The van der Waals surface area contributed by atoms with Gasteiger partial charge in [-0.05, 0) is 86.1 Å². The molecule has 0 N–H and O–H groups in total. The molecule has 1 aliphatic carbocycles. The van der Waals surface area contributed by atoms with Crippen LogP contribution in [0.25, 0.3) is 54.9 Å². The van der Waals surface area contributed by atoms with E-state index in [1.54, 1.807) is 0 Å². The van der Waals surface area contributed by atoms with Crippen LogP contribution >= 0.6 is 0 Å². The maximum Gasteiger partial charge on any atom is 0.140 e. The fourth-order valence-corrected chi connectivity index (χ4v) is 10.0. The monoisotopic (exact) mass is 751 g/mol. The SMILES string of the molecule is c1ccc(-c2ccccc2N(c2ccccc2)c2ccc(-c3ccc4c(c3)C3(c5ccccc5Oc5c3ccc3ccccc53)c3ccccc3-4)c3ccccc23)cc1. The molecule has 0 fully saturated rings. The molecule has 2 aliphatic rings. The number of fused-ring (bicyclic) bond motifs is 12. The number of hydrogen-bond donors (Lipinski definition) is 0. The average molecular weight is 752 g/mol. The standard InChI is InChI=1S/C57H37NO/c1-3-17-38(18-4-1)43-22-12-15-29-53(43)58(41-20-5-2-6-21-41)54-36-34-42(45-24-9-10-26-48(45)54)40-31-33-47-46-25-11-13-27-49(46)57(52(47)37-40)50-28-14-16-30-55(50)59-56-44-23-8-7-19-39(44)32-35-51(56)57/h1-37H. The minimum atomic E-state index is -0.572. The smallest absolute Gasteiger partial charge is 0.140 e. The van der Waals surface area contributed by atoms with Crippen LogP contribution in [0.4, 0.5) is 17.1 Å². The Morgan fingerprint density at radius 2 is 0.966 bits per heavy atom. The van der Waals surface area contributed by atoms with E-state index < -0.39 is 5.41 Å². The fraction of sp³-hybridized carbons (Fsp3) is 0.0175. The molecule has 2 heteroatoms. The van der Waals surface area contributed by atoms with E-state index in [9.17, 15) is 0 Å². The summed E-state index contributed by atoms with van der Waals surface area (Å²) in [4.78, 5) is 2.42. The number of rotatable bonds is 5. The van der Waals surface area contributed by atoms with Gasteiger partial charge < -0.3 is 9.64 Å². The van der Waals surface area contributed by atoms with E-state index in [-0.39, 0.29) is 0 Å². The second-order valence-electron chi connectivity index (χ2n) is 15.5. The van der Waals surface area contributed by atoms with Gasteiger partial charge in [-0.15, -0.1) is 0 Å². The topological polar surface area (TPSA) is 12.5 Å². The molecule has 1 unspecified atom stereocenters. The van der Waals surface area contributed by atoms with E-state index in [0.29, 0.717) is 0 Å². The van der Waals surface area contributed by atoms with E-state index in [2.05, 4.69) is 229 Å². The molecule has 1 heterocycles. The molecular weight excluding hydrogens is 715 g/mol. The minimum absolute atomic E-state index is 0.572. The first kappa shape index (κ1) is 33.5. The lowest BCUT2D eigenvalue weighted by atomic mass is 9.65. The number of hydrogen-bond acceptors (Lipinski definition) is 2. The Balaban J connectivity index is 1.10. The van der Waals surface area contributed by atoms with Gasteiger partial charge in [-0.1, -0.05) is 188 Å². The van der Waals surface area contributed by atoms with Crippen molar-refractivity contribution in [3.8, 4) is 44.9 Å². The van der Waals surface area contributed by atoms with Crippen molar-refractivity contribution in [1.82, 2.24) is 0 Å². The first-order valence-corrected chi connectivity index (χ1v) is 20.3. The molecule has 10 aromatic carbocycles. The van der Waals surface area contributed by atoms with Crippen molar-refractivity contribution in [1.29, 1.82) is 0 Å². The largest absolute Gasteiger partial charge is 0.456 e. The van der Waals surface area contributed by atoms with Gasteiger partial charge >= 0.3 is 0 Å². The average Bonchev–Trinajstić information content (AvgIpc) is 3.59. The van der Waals surface area contributed by atoms with Gasteiger partial charge in [-0.25, -0.2) is 0 Å². The predicted octanol–water partition coefficient (Wildman–Crippen LogP) is 15.3. The molecule has 59 heavy (non-hydrogen) atoms. The number of anilines is 3. The van der Waals surface area contributed by atoms with Gasteiger partial charge in [-0.2, -0.15) is 0 Å². The summed E-state index contributed by atoms with van der Waals surface area (Å²) in [5.74, 6) is 1.83.